The van der Waals surface area contributed by atoms with E-state index in [1.54, 1.807) is 24.4 Å². The van der Waals surface area contributed by atoms with Crippen LogP contribution in [-0.2, 0) is 6.73 Å². The molecule has 0 atom stereocenters. The normalized spacial score (nSPS) is 10.3. The first-order valence-electron chi connectivity index (χ1n) is 8.97. The van der Waals surface area contributed by atoms with Crippen molar-refractivity contribution in [3.63, 3.8) is 0 Å². The van der Waals surface area contributed by atoms with Crippen molar-refractivity contribution in [2.24, 2.45) is 0 Å². The zero-order valence-electron chi connectivity index (χ0n) is 17.0. The third kappa shape index (κ3) is 4.83. The molecule has 11 nitrogen and oxygen atoms in total. The van der Waals surface area contributed by atoms with Crippen LogP contribution in [0.1, 0.15) is 10.5 Å². The minimum Gasteiger partial charge on any atom is -0.496 e. The van der Waals surface area contributed by atoms with Gasteiger partial charge in [0, 0.05) is 6.20 Å². The fourth-order valence-electron chi connectivity index (χ4n) is 2.73. The summed E-state index contributed by atoms with van der Waals surface area (Å²) in [5.41, 5.74) is -0.209. The SMILES string of the molecule is COc1ccc(NC(=O)c2ccn(COc3c(OC)cccc3OC)n2)c([N+](=O)[O-])c1. The van der Waals surface area contributed by atoms with E-state index in [9.17, 15) is 14.9 Å². The molecule has 3 rings (SSSR count). The molecule has 0 bridgehead atoms. The summed E-state index contributed by atoms with van der Waals surface area (Å²) >= 11 is 0. The second-order valence-corrected chi connectivity index (χ2v) is 6.10. The van der Waals surface area contributed by atoms with Crippen molar-refractivity contribution in [2.45, 2.75) is 6.73 Å². The number of carbonyl (C=O) groups is 1. The number of benzene rings is 2. The van der Waals surface area contributed by atoms with E-state index in [4.69, 9.17) is 18.9 Å². The average Bonchev–Trinajstić information content (AvgIpc) is 3.26. The number of nitro benzene ring substituents is 1. The lowest BCUT2D eigenvalue weighted by Crippen LogP contribution is -2.15. The standard InChI is InChI=1S/C20H20N4O7/c1-28-13-7-8-14(16(11-13)24(26)27)21-20(25)15-9-10-23(22-15)12-31-19-17(29-2)5-4-6-18(19)30-3/h4-11H,12H2,1-3H3,(H,21,25). The van der Waals surface area contributed by atoms with Gasteiger partial charge in [0.15, 0.2) is 23.9 Å². The zero-order chi connectivity index (χ0) is 22.4. The Morgan fingerprint density at radius 3 is 2.42 bits per heavy atom. The fourth-order valence-corrected chi connectivity index (χ4v) is 2.73. The molecule has 0 aliphatic carbocycles. The maximum Gasteiger partial charge on any atom is 0.296 e. The largest absolute Gasteiger partial charge is 0.496 e. The van der Waals surface area contributed by atoms with Gasteiger partial charge in [-0.3, -0.25) is 14.9 Å². The highest BCUT2D eigenvalue weighted by Gasteiger charge is 2.19. The van der Waals surface area contributed by atoms with Crippen molar-refractivity contribution in [1.82, 2.24) is 9.78 Å². The highest BCUT2D eigenvalue weighted by molar-refractivity contribution is 6.04. The lowest BCUT2D eigenvalue weighted by atomic mass is 10.2. The van der Waals surface area contributed by atoms with Crippen LogP contribution in [-0.4, -0.2) is 41.9 Å². The summed E-state index contributed by atoms with van der Waals surface area (Å²) in [6, 6.07) is 10.8. The Balaban J connectivity index is 1.72. The number of rotatable bonds is 9. The summed E-state index contributed by atoms with van der Waals surface area (Å²) < 4.78 is 22.7. The van der Waals surface area contributed by atoms with Gasteiger partial charge in [-0.2, -0.15) is 5.10 Å². The van der Waals surface area contributed by atoms with Gasteiger partial charge >= 0.3 is 0 Å². The van der Waals surface area contributed by atoms with Crippen molar-refractivity contribution in [3.8, 4) is 23.0 Å². The Labute approximate surface area is 177 Å². The molecule has 1 aromatic heterocycles. The van der Waals surface area contributed by atoms with Crippen molar-refractivity contribution in [1.29, 1.82) is 0 Å². The minimum absolute atomic E-state index is 0.0211. The predicted octanol–water partition coefficient (Wildman–Crippen LogP) is 3.11. The number of hydrogen-bond donors (Lipinski definition) is 1. The molecule has 2 aromatic carbocycles. The summed E-state index contributed by atoms with van der Waals surface area (Å²) in [6.45, 7) is -0.0211. The van der Waals surface area contributed by atoms with E-state index in [2.05, 4.69) is 10.4 Å². The molecule has 1 amide bonds. The van der Waals surface area contributed by atoms with Gasteiger partial charge in [-0.1, -0.05) is 6.07 Å². The van der Waals surface area contributed by atoms with E-state index in [-0.39, 0.29) is 23.8 Å². The number of hydrogen-bond acceptors (Lipinski definition) is 8. The second-order valence-electron chi connectivity index (χ2n) is 6.10. The average molecular weight is 428 g/mol. The molecule has 3 aromatic rings. The summed E-state index contributed by atoms with van der Waals surface area (Å²) in [5.74, 6) is 1.05. The van der Waals surface area contributed by atoms with E-state index >= 15 is 0 Å². The molecule has 0 saturated heterocycles. The maximum atomic E-state index is 12.5. The molecule has 1 N–H and O–H groups in total. The molecular formula is C20H20N4O7. The highest BCUT2D eigenvalue weighted by Crippen LogP contribution is 2.37. The molecule has 0 fully saturated rings. The first kappa shape index (κ1) is 21.4. The number of nitrogens with one attached hydrogen (secondary N) is 1. The van der Waals surface area contributed by atoms with E-state index < -0.39 is 10.8 Å². The van der Waals surface area contributed by atoms with Gasteiger partial charge in [0.2, 0.25) is 5.75 Å². The van der Waals surface area contributed by atoms with Crippen LogP contribution in [0.15, 0.2) is 48.7 Å². The lowest BCUT2D eigenvalue weighted by Gasteiger charge is -2.13. The Morgan fingerprint density at radius 2 is 1.81 bits per heavy atom. The van der Waals surface area contributed by atoms with E-state index in [1.165, 1.54) is 50.3 Å². The van der Waals surface area contributed by atoms with Crippen LogP contribution in [0.2, 0.25) is 0 Å². The molecule has 0 aliphatic heterocycles. The molecular weight excluding hydrogens is 408 g/mol. The number of amides is 1. The smallest absolute Gasteiger partial charge is 0.296 e. The Morgan fingerprint density at radius 1 is 1.10 bits per heavy atom. The van der Waals surface area contributed by atoms with Crippen molar-refractivity contribution >= 4 is 17.3 Å². The number of nitro groups is 1. The van der Waals surface area contributed by atoms with Gasteiger partial charge in [0.05, 0.1) is 32.3 Å². The van der Waals surface area contributed by atoms with E-state index in [1.807, 2.05) is 0 Å². The molecule has 1 heterocycles. The third-order valence-electron chi connectivity index (χ3n) is 4.25. The number of nitrogens with zero attached hydrogens (tertiary/aromatic N) is 3. The summed E-state index contributed by atoms with van der Waals surface area (Å²) in [5, 5.41) is 17.9. The van der Waals surface area contributed by atoms with Crippen LogP contribution in [0.25, 0.3) is 0 Å². The highest BCUT2D eigenvalue weighted by atomic mass is 16.6. The van der Waals surface area contributed by atoms with Crippen LogP contribution in [0, 0.1) is 10.1 Å². The Kier molecular flexibility index (Phi) is 6.55. The van der Waals surface area contributed by atoms with Crippen LogP contribution in [0.4, 0.5) is 11.4 Å². The van der Waals surface area contributed by atoms with Gasteiger partial charge < -0.3 is 24.3 Å². The minimum atomic E-state index is -0.609. The number of para-hydroxylation sites is 1. The molecule has 0 aliphatic rings. The van der Waals surface area contributed by atoms with Gasteiger partial charge in [0.25, 0.3) is 11.6 Å². The molecule has 0 saturated carbocycles. The second kappa shape index (κ2) is 9.48. The Hall–Kier alpha value is -4.28. The summed E-state index contributed by atoms with van der Waals surface area (Å²) in [4.78, 5) is 23.2. The molecule has 0 spiro atoms. The topological polar surface area (TPSA) is 127 Å². The van der Waals surface area contributed by atoms with Crippen molar-refractivity contribution in [2.75, 3.05) is 26.6 Å². The number of ether oxygens (including phenoxy) is 4. The van der Waals surface area contributed by atoms with Gasteiger partial charge in [0.1, 0.15) is 11.4 Å². The fraction of sp³-hybridized carbons (Fsp3) is 0.200. The molecule has 31 heavy (non-hydrogen) atoms. The monoisotopic (exact) mass is 428 g/mol. The summed E-state index contributed by atoms with van der Waals surface area (Å²) in [7, 11) is 4.42. The van der Waals surface area contributed by atoms with Crippen molar-refractivity contribution in [3.05, 3.63) is 64.5 Å². The maximum absolute atomic E-state index is 12.5. The number of anilines is 1. The number of aromatic nitrogens is 2. The first-order valence-corrected chi connectivity index (χ1v) is 8.97. The zero-order valence-corrected chi connectivity index (χ0v) is 17.0. The molecule has 0 radical (unpaired) electrons. The lowest BCUT2D eigenvalue weighted by molar-refractivity contribution is -0.384. The Bertz CT molecular complexity index is 1070. The number of methoxy groups -OCH3 is 3. The number of carbonyl (C=O) groups excluding carboxylic acids is 1. The van der Waals surface area contributed by atoms with Gasteiger partial charge in [-0.05, 0) is 30.3 Å². The van der Waals surface area contributed by atoms with Crippen LogP contribution in [0.3, 0.4) is 0 Å². The predicted molar refractivity (Wildman–Crippen MR) is 110 cm³/mol. The quantitative estimate of drug-likeness (QED) is 0.407. The van der Waals surface area contributed by atoms with Gasteiger partial charge in [-0.15, -0.1) is 0 Å². The molecule has 162 valence electrons. The van der Waals surface area contributed by atoms with Crippen LogP contribution >= 0.6 is 0 Å². The van der Waals surface area contributed by atoms with Crippen molar-refractivity contribution < 1.29 is 28.7 Å². The van der Waals surface area contributed by atoms with Crippen LogP contribution in [0.5, 0.6) is 23.0 Å². The third-order valence-corrected chi connectivity index (χ3v) is 4.25. The summed E-state index contributed by atoms with van der Waals surface area (Å²) in [6.07, 6.45) is 1.54. The molecule has 0 unspecified atom stereocenters. The first-order chi connectivity index (χ1) is 15.0. The van der Waals surface area contributed by atoms with E-state index in [0.717, 1.165) is 0 Å². The van der Waals surface area contributed by atoms with Gasteiger partial charge in [-0.25, -0.2) is 4.68 Å². The molecule has 11 heteroatoms. The van der Waals surface area contributed by atoms with Crippen LogP contribution < -0.4 is 24.3 Å². The van der Waals surface area contributed by atoms with E-state index in [0.29, 0.717) is 23.0 Å².